The molecule has 0 spiro atoms. The summed E-state index contributed by atoms with van der Waals surface area (Å²) in [4.78, 5) is 27.4. The van der Waals surface area contributed by atoms with Crippen molar-refractivity contribution in [2.45, 2.75) is 32.2 Å². The van der Waals surface area contributed by atoms with Crippen LogP contribution in [0.5, 0.6) is 0 Å². The number of piperidine rings is 1. The summed E-state index contributed by atoms with van der Waals surface area (Å²) in [5.74, 6) is 0.557. The number of nitrogens with zero attached hydrogens (tertiary/aromatic N) is 3. The molecule has 30 heavy (non-hydrogen) atoms. The molecule has 1 unspecified atom stereocenters. The van der Waals surface area contributed by atoms with E-state index in [9.17, 15) is 9.59 Å². The summed E-state index contributed by atoms with van der Waals surface area (Å²) < 4.78 is 1.32. The Balaban J connectivity index is 1.42. The average molecular weight is 402 g/mol. The van der Waals surface area contributed by atoms with Crippen molar-refractivity contribution >= 4 is 5.91 Å². The van der Waals surface area contributed by atoms with Crippen molar-refractivity contribution in [1.29, 1.82) is 0 Å². The van der Waals surface area contributed by atoms with Gasteiger partial charge >= 0.3 is 0 Å². The Morgan fingerprint density at radius 3 is 2.27 bits per heavy atom. The molecule has 1 fully saturated rings. The van der Waals surface area contributed by atoms with Gasteiger partial charge in [0.1, 0.15) is 6.04 Å². The fraction of sp³-hybridized carbons (Fsp3) is 0.320. The molecule has 2 heterocycles. The first-order valence-corrected chi connectivity index (χ1v) is 10.6. The molecule has 0 radical (unpaired) electrons. The molecule has 154 valence electrons. The summed E-state index contributed by atoms with van der Waals surface area (Å²) in [6.45, 7) is 3.23. The van der Waals surface area contributed by atoms with Crippen LogP contribution in [0.1, 0.15) is 31.4 Å². The highest BCUT2D eigenvalue weighted by atomic mass is 16.2. The summed E-state index contributed by atoms with van der Waals surface area (Å²) in [5.41, 5.74) is 2.71. The number of likely N-dealkylation sites (tertiary alicyclic amines) is 1. The lowest BCUT2D eigenvalue weighted by Crippen LogP contribution is -2.44. The van der Waals surface area contributed by atoms with Crippen molar-refractivity contribution in [1.82, 2.24) is 14.7 Å². The molecule has 1 aliphatic heterocycles. The Kier molecular flexibility index (Phi) is 6.07. The average Bonchev–Trinajstić information content (AvgIpc) is 2.80. The molecule has 1 aliphatic rings. The molecule has 3 aromatic rings. The van der Waals surface area contributed by atoms with E-state index >= 15 is 0 Å². The van der Waals surface area contributed by atoms with Crippen LogP contribution < -0.4 is 5.56 Å². The fourth-order valence-corrected chi connectivity index (χ4v) is 4.14. The Labute approximate surface area is 177 Å². The Morgan fingerprint density at radius 2 is 1.60 bits per heavy atom. The monoisotopic (exact) mass is 401 g/mol. The summed E-state index contributed by atoms with van der Waals surface area (Å²) in [6.07, 6.45) is 3.03. The van der Waals surface area contributed by atoms with Gasteiger partial charge in [0.25, 0.3) is 5.56 Å². The van der Waals surface area contributed by atoms with Crippen LogP contribution in [0, 0.1) is 5.92 Å². The van der Waals surface area contributed by atoms with Crippen LogP contribution in [0.3, 0.4) is 0 Å². The second kappa shape index (κ2) is 9.08. The number of aromatic nitrogens is 2. The zero-order chi connectivity index (χ0) is 20.9. The van der Waals surface area contributed by atoms with E-state index in [-0.39, 0.29) is 11.5 Å². The Hall–Kier alpha value is -3.21. The predicted molar refractivity (Wildman–Crippen MR) is 118 cm³/mol. The number of carbonyl (C=O) groups excluding carboxylic acids is 1. The van der Waals surface area contributed by atoms with E-state index in [0.29, 0.717) is 11.6 Å². The molecular formula is C25H27N3O2. The van der Waals surface area contributed by atoms with Gasteiger partial charge in [-0.15, -0.1) is 0 Å². The van der Waals surface area contributed by atoms with E-state index < -0.39 is 6.04 Å². The van der Waals surface area contributed by atoms with E-state index in [1.807, 2.05) is 41.3 Å². The molecule has 0 saturated carbocycles. The summed E-state index contributed by atoms with van der Waals surface area (Å²) in [7, 11) is 0. The molecule has 5 heteroatoms. The highest BCUT2D eigenvalue weighted by Gasteiger charge is 2.28. The van der Waals surface area contributed by atoms with Crippen LogP contribution in [-0.4, -0.2) is 33.7 Å². The Morgan fingerprint density at radius 1 is 0.967 bits per heavy atom. The van der Waals surface area contributed by atoms with Crippen LogP contribution in [0.15, 0.2) is 77.6 Å². The lowest BCUT2D eigenvalue weighted by Gasteiger charge is -2.33. The molecule has 0 N–H and O–H groups in total. The molecule has 4 rings (SSSR count). The minimum absolute atomic E-state index is 0.0343. The van der Waals surface area contributed by atoms with E-state index in [0.717, 1.165) is 37.9 Å². The van der Waals surface area contributed by atoms with Crippen molar-refractivity contribution in [3.05, 3.63) is 88.7 Å². The summed E-state index contributed by atoms with van der Waals surface area (Å²) in [6, 6.07) is 22.8. The van der Waals surface area contributed by atoms with E-state index in [1.165, 1.54) is 16.3 Å². The zero-order valence-electron chi connectivity index (χ0n) is 17.3. The van der Waals surface area contributed by atoms with Gasteiger partial charge in [0.05, 0.1) is 5.69 Å². The molecule has 5 nitrogen and oxygen atoms in total. The first kappa shape index (κ1) is 20.1. The second-order valence-electron chi connectivity index (χ2n) is 8.00. The smallest absolute Gasteiger partial charge is 0.267 e. The van der Waals surface area contributed by atoms with Gasteiger partial charge in [-0.05, 0) is 43.7 Å². The third kappa shape index (κ3) is 4.51. The number of benzene rings is 2. The minimum Gasteiger partial charge on any atom is -0.341 e. The summed E-state index contributed by atoms with van der Waals surface area (Å²) in [5, 5.41) is 4.49. The highest BCUT2D eigenvalue weighted by molar-refractivity contribution is 5.80. The standard InChI is InChI=1S/C25H27N3O2/c1-19(28-24(29)13-12-23(26-28)22-10-6-3-7-11-22)25(30)27-16-14-21(15-17-27)18-20-8-4-2-5-9-20/h2-13,19,21H,14-18H2,1H3. The van der Waals surface area contributed by atoms with Gasteiger partial charge in [-0.1, -0.05) is 60.7 Å². The SMILES string of the molecule is CC(C(=O)N1CCC(Cc2ccccc2)CC1)n1nc(-c2ccccc2)ccc1=O. The summed E-state index contributed by atoms with van der Waals surface area (Å²) >= 11 is 0. The number of rotatable bonds is 5. The number of hydrogen-bond acceptors (Lipinski definition) is 3. The number of amides is 1. The van der Waals surface area contributed by atoms with Gasteiger partial charge < -0.3 is 4.90 Å². The first-order chi connectivity index (χ1) is 14.6. The maximum Gasteiger partial charge on any atom is 0.267 e. The second-order valence-corrected chi connectivity index (χ2v) is 8.00. The van der Waals surface area contributed by atoms with E-state index in [2.05, 4.69) is 29.4 Å². The van der Waals surface area contributed by atoms with E-state index in [1.54, 1.807) is 13.0 Å². The van der Waals surface area contributed by atoms with E-state index in [4.69, 9.17) is 0 Å². The van der Waals surface area contributed by atoms with Crippen LogP contribution in [-0.2, 0) is 11.2 Å². The van der Waals surface area contributed by atoms with Crippen molar-refractivity contribution < 1.29 is 4.79 Å². The van der Waals surface area contributed by atoms with Gasteiger partial charge in [-0.25, -0.2) is 4.68 Å². The zero-order valence-corrected chi connectivity index (χ0v) is 17.3. The molecule has 0 bridgehead atoms. The molecular weight excluding hydrogens is 374 g/mol. The topological polar surface area (TPSA) is 55.2 Å². The third-order valence-corrected chi connectivity index (χ3v) is 5.91. The molecule has 1 atom stereocenters. The van der Waals surface area contributed by atoms with Crippen molar-refractivity contribution in [3.63, 3.8) is 0 Å². The lowest BCUT2D eigenvalue weighted by molar-refractivity contribution is -0.136. The third-order valence-electron chi connectivity index (χ3n) is 5.91. The van der Waals surface area contributed by atoms with Crippen LogP contribution >= 0.6 is 0 Å². The highest BCUT2D eigenvalue weighted by Crippen LogP contribution is 2.23. The van der Waals surface area contributed by atoms with Gasteiger partial charge in [0.2, 0.25) is 5.91 Å². The number of carbonyl (C=O) groups is 1. The molecule has 1 saturated heterocycles. The van der Waals surface area contributed by atoms with Crippen molar-refractivity contribution in [2.75, 3.05) is 13.1 Å². The maximum atomic E-state index is 13.1. The fourth-order valence-electron chi connectivity index (χ4n) is 4.14. The normalized spacial score (nSPS) is 15.7. The molecule has 0 aliphatic carbocycles. The van der Waals surface area contributed by atoms with Gasteiger partial charge in [-0.2, -0.15) is 5.10 Å². The quantitative estimate of drug-likeness (QED) is 0.650. The van der Waals surface area contributed by atoms with Crippen molar-refractivity contribution in [2.24, 2.45) is 5.92 Å². The van der Waals surface area contributed by atoms with Crippen LogP contribution in [0.4, 0.5) is 0 Å². The minimum atomic E-state index is -0.619. The van der Waals surface area contributed by atoms with Gasteiger partial charge in [0, 0.05) is 24.7 Å². The lowest BCUT2D eigenvalue weighted by atomic mass is 9.90. The van der Waals surface area contributed by atoms with Gasteiger partial charge in [0.15, 0.2) is 0 Å². The molecule has 1 amide bonds. The van der Waals surface area contributed by atoms with Gasteiger partial charge in [-0.3, -0.25) is 9.59 Å². The largest absolute Gasteiger partial charge is 0.341 e. The maximum absolute atomic E-state index is 13.1. The first-order valence-electron chi connectivity index (χ1n) is 10.6. The number of hydrogen-bond donors (Lipinski definition) is 0. The molecule has 2 aromatic carbocycles. The molecule has 1 aromatic heterocycles. The van der Waals surface area contributed by atoms with Crippen molar-refractivity contribution in [3.8, 4) is 11.3 Å². The van der Waals surface area contributed by atoms with Crippen LogP contribution in [0.25, 0.3) is 11.3 Å². The Bertz CT molecular complexity index is 1040. The van der Waals surface area contributed by atoms with Crippen LogP contribution in [0.2, 0.25) is 0 Å². The predicted octanol–water partition coefficient (Wildman–Crippen LogP) is 3.95.